The predicted octanol–water partition coefficient (Wildman–Crippen LogP) is 3.97. The third kappa shape index (κ3) is 4.25. The van der Waals surface area contributed by atoms with Crippen molar-refractivity contribution >= 4 is 45.9 Å². The van der Waals surface area contributed by atoms with Crippen LogP contribution in [0.4, 0.5) is 5.13 Å². The van der Waals surface area contributed by atoms with E-state index in [2.05, 4.69) is 17.2 Å². The van der Waals surface area contributed by atoms with Gasteiger partial charge in [-0.1, -0.05) is 37.9 Å². The smallest absolute Gasteiger partial charge is 0.268 e. The van der Waals surface area contributed by atoms with Crippen LogP contribution in [0.5, 0.6) is 0 Å². The molecule has 0 radical (unpaired) electrons. The van der Waals surface area contributed by atoms with E-state index >= 15 is 0 Å². The van der Waals surface area contributed by atoms with E-state index in [1.165, 1.54) is 29.5 Å². The Hall–Kier alpha value is -1.32. The van der Waals surface area contributed by atoms with E-state index in [1.54, 1.807) is 18.0 Å². The van der Waals surface area contributed by atoms with Crippen LogP contribution in [0.1, 0.15) is 50.8 Å². The highest BCUT2D eigenvalue weighted by molar-refractivity contribution is 8.00. The Labute approximate surface area is 170 Å². The Bertz CT molecular complexity index is 875. The van der Waals surface area contributed by atoms with Crippen LogP contribution in [-0.2, 0) is 11.2 Å². The van der Waals surface area contributed by atoms with Gasteiger partial charge in [0.1, 0.15) is 0 Å². The highest BCUT2D eigenvalue weighted by Gasteiger charge is 2.29. The minimum absolute atomic E-state index is 0.0871. The molecule has 3 heterocycles. The first-order valence-corrected chi connectivity index (χ1v) is 12.0. The number of thiazole rings is 1. The summed E-state index contributed by atoms with van der Waals surface area (Å²) in [6.45, 7) is 2.13. The number of fused-ring (bicyclic) bond motifs is 1. The van der Waals surface area contributed by atoms with Crippen molar-refractivity contribution in [2.75, 3.05) is 11.1 Å². The number of thioether (sulfide) groups is 2. The van der Waals surface area contributed by atoms with Gasteiger partial charge >= 0.3 is 0 Å². The lowest BCUT2D eigenvalue weighted by molar-refractivity contribution is -0.113. The lowest BCUT2D eigenvalue weighted by Crippen LogP contribution is -2.30. The molecule has 9 heteroatoms. The van der Waals surface area contributed by atoms with Gasteiger partial charge in [0, 0.05) is 29.3 Å². The highest BCUT2D eigenvalue weighted by Crippen LogP contribution is 2.37. The number of nitrogens with zero attached hydrogens (tertiary/aromatic N) is 3. The number of nitrogens with one attached hydrogen (secondary N) is 1. The molecule has 2 aromatic heterocycles. The summed E-state index contributed by atoms with van der Waals surface area (Å²) in [5, 5.41) is 6.28. The summed E-state index contributed by atoms with van der Waals surface area (Å²) in [6, 6.07) is 0.199. The fraction of sp³-hybridized carbons (Fsp3) is 0.556. The fourth-order valence-electron chi connectivity index (χ4n) is 3.65. The highest BCUT2D eigenvalue weighted by atomic mass is 32.2. The van der Waals surface area contributed by atoms with Crippen LogP contribution in [0.2, 0.25) is 0 Å². The molecule has 0 saturated heterocycles. The first kappa shape index (κ1) is 19.0. The molecular formula is C18H22N4O2S3. The zero-order valence-electron chi connectivity index (χ0n) is 15.1. The van der Waals surface area contributed by atoms with Gasteiger partial charge in [-0.15, -0.1) is 23.1 Å². The van der Waals surface area contributed by atoms with E-state index < -0.39 is 0 Å². The average molecular weight is 423 g/mol. The van der Waals surface area contributed by atoms with E-state index in [4.69, 9.17) is 4.98 Å². The normalized spacial score (nSPS) is 19.8. The molecule has 2 aliphatic rings. The van der Waals surface area contributed by atoms with Gasteiger partial charge in [0.25, 0.3) is 5.56 Å². The van der Waals surface area contributed by atoms with Crippen LogP contribution in [0.25, 0.3) is 0 Å². The molecule has 144 valence electrons. The Morgan fingerprint density at radius 3 is 2.93 bits per heavy atom. The monoisotopic (exact) mass is 422 g/mol. The molecule has 1 aliphatic carbocycles. The van der Waals surface area contributed by atoms with Crippen molar-refractivity contribution in [3.63, 3.8) is 0 Å². The van der Waals surface area contributed by atoms with Crippen LogP contribution >= 0.6 is 34.9 Å². The van der Waals surface area contributed by atoms with E-state index in [1.807, 2.05) is 9.95 Å². The topological polar surface area (TPSA) is 76.9 Å². The number of hydrogen-bond acceptors (Lipinski definition) is 7. The molecule has 0 aromatic carbocycles. The number of rotatable bonds is 5. The van der Waals surface area contributed by atoms with Gasteiger partial charge in [-0.25, -0.2) is 9.97 Å². The molecule has 1 N–H and O–H groups in total. The summed E-state index contributed by atoms with van der Waals surface area (Å²) in [6.07, 6.45) is 8.03. The van der Waals surface area contributed by atoms with E-state index in [0.29, 0.717) is 15.5 Å². The molecule has 0 bridgehead atoms. The van der Waals surface area contributed by atoms with Crippen LogP contribution in [0, 0.1) is 0 Å². The second kappa shape index (κ2) is 8.36. The molecule has 1 unspecified atom stereocenters. The zero-order valence-corrected chi connectivity index (χ0v) is 17.6. The van der Waals surface area contributed by atoms with Gasteiger partial charge in [0.15, 0.2) is 10.3 Å². The van der Waals surface area contributed by atoms with Crippen molar-refractivity contribution in [2.24, 2.45) is 0 Å². The Balaban J connectivity index is 1.58. The van der Waals surface area contributed by atoms with Gasteiger partial charge in [0.2, 0.25) is 5.91 Å². The van der Waals surface area contributed by atoms with Crippen molar-refractivity contribution in [3.05, 3.63) is 27.6 Å². The summed E-state index contributed by atoms with van der Waals surface area (Å²) in [7, 11) is 0. The molecule has 1 atom stereocenters. The second-order valence-electron chi connectivity index (χ2n) is 6.94. The third-order valence-electron chi connectivity index (χ3n) is 4.86. The zero-order chi connectivity index (χ0) is 18.8. The standard InChI is InChI=1S/C18H22N4O2S3/c1-11-9-13-15(27-11)16(24)22(12-5-3-2-4-6-12)18(20-13)26-10-14(23)21-17-19-7-8-25-17/h7-8,11-12H,2-6,9-10H2,1H3,(H,19,21,23). The minimum atomic E-state index is -0.123. The molecule has 1 aliphatic heterocycles. The second-order valence-corrected chi connectivity index (χ2v) is 10.2. The number of anilines is 1. The number of aromatic nitrogens is 3. The summed E-state index contributed by atoms with van der Waals surface area (Å²) in [5.74, 6) is 0.0999. The quantitative estimate of drug-likeness (QED) is 0.580. The predicted molar refractivity (Wildman–Crippen MR) is 111 cm³/mol. The number of carbonyl (C=O) groups excluding carboxylic acids is 1. The van der Waals surface area contributed by atoms with Crippen molar-refractivity contribution < 1.29 is 4.79 Å². The average Bonchev–Trinajstić information content (AvgIpc) is 3.30. The van der Waals surface area contributed by atoms with Crippen LogP contribution < -0.4 is 10.9 Å². The number of amides is 1. The molecule has 6 nitrogen and oxygen atoms in total. The Kier molecular flexibility index (Phi) is 5.89. The molecule has 4 rings (SSSR count). The van der Waals surface area contributed by atoms with Crippen molar-refractivity contribution in [1.29, 1.82) is 0 Å². The molecule has 1 amide bonds. The van der Waals surface area contributed by atoms with Crippen LogP contribution in [0.15, 0.2) is 26.4 Å². The molecule has 1 saturated carbocycles. The SMILES string of the molecule is CC1Cc2nc(SCC(=O)Nc3nccs3)n(C3CCCCC3)c(=O)c2S1. The van der Waals surface area contributed by atoms with Gasteiger partial charge in [-0.05, 0) is 12.8 Å². The summed E-state index contributed by atoms with van der Waals surface area (Å²) >= 11 is 4.39. The maximum atomic E-state index is 13.2. The fourth-order valence-corrected chi connectivity index (χ4v) is 6.18. The first-order chi connectivity index (χ1) is 13.1. The molecule has 27 heavy (non-hydrogen) atoms. The summed E-state index contributed by atoms with van der Waals surface area (Å²) in [4.78, 5) is 35.2. The summed E-state index contributed by atoms with van der Waals surface area (Å²) < 4.78 is 1.88. The van der Waals surface area contributed by atoms with Gasteiger partial charge < -0.3 is 5.32 Å². The molecule has 0 spiro atoms. The van der Waals surface area contributed by atoms with Crippen LogP contribution in [-0.4, -0.2) is 31.4 Å². The van der Waals surface area contributed by atoms with Gasteiger partial charge in [0.05, 0.1) is 16.3 Å². The van der Waals surface area contributed by atoms with Crippen molar-refractivity contribution in [2.45, 2.75) is 66.8 Å². The summed E-state index contributed by atoms with van der Waals surface area (Å²) in [5.41, 5.74) is 0.983. The lowest BCUT2D eigenvalue weighted by Gasteiger charge is -2.26. The molecule has 2 aromatic rings. The largest absolute Gasteiger partial charge is 0.301 e. The minimum Gasteiger partial charge on any atom is -0.301 e. The van der Waals surface area contributed by atoms with E-state index in [0.717, 1.165) is 42.7 Å². The Morgan fingerprint density at radius 1 is 1.37 bits per heavy atom. The van der Waals surface area contributed by atoms with Gasteiger partial charge in [-0.3, -0.25) is 14.2 Å². The van der Waals surface area contributed by atoms with Crippen molar-refractivity contribution in [3.8, 4) is 0 Å². The van der Waals surface area contributed by atoms with E-state index in [9.17, 15) is 9.59 Å². The number of carbonyl (C=O) groups is 1. The van der Waals surface area contributed by atoms with Crippen LogP contribution in [0.3, 0.4) is 0 Å². The molecular weight excluding hydrogens is 400 g/mol. The third-order valence-corrected chi connectivity index (χ3v) is 7.72. The lowest BCUT2D eigenvalue weighted by atomic mass is 9.95. The maximum absolute atomic E-state index is 13.2. The van der Waals surface area contributed by atoms with E-state index in [-0.39, 0.29) is 23.3 Å². The van der Waals surface area contributed by atoms with Crippen molar-refractivity contribution in [1.82, 2.24) is 14.5 Å². The maximum Gasteiger partial charge on any atom is 0.268 e. The Morgan fingerprint density at radius 2 is 2.19 bits per heavy atom. The van der Waals surface area contributed by atoms with Gasteiger partial charge in [-0.2, -0.15) is 0 Å². The first-order valence-electron chi connectivity index (χ1n) is 9.26. The molecule has 1 fully saturated rings. The number of hydrogen-bond donors (Lipinski definition) is 1.